The summed E-state index contributed by atoms with van der Waals surface area (Å²) in [6.07, 6.45) is -0.00881. The maximum absolute atomic E-state index is 13.3. The molecule has 0 amide bonds. The molecule has 2 unspecified atom stereocenters. The summed E-state index contributed by atoms with van der Waals surface area (Å²) in [5.41, 5.74) is 2.59. The van der Waals surface area contributed by atoms with Gasteiger partial charge in [-0.15, -0.1) is 0 Å². The second kappa shape index (κ2) is 12.1. The molecule has 0 aliphatic rings. The second-order valence-electron chi connectivity index (χ2n) is 9.21. The predicted octanol–water partition coefficient (Wildman–Crippen LogP) is 5.97. The van der Waals surface area contributed by atoms with E-state index in [1.54, 1.807) is 6.92 Å². The van der Waals surface area contributed by atoms with Crippen molar-refractivity contribution >= 4 is 17.7 Å². The smallest absolute Gasteiger partial charge is 0.331 e. The van der Waals surface area contributed by atoms with Gasteiger partial charge < -0.3 is 9.47 Å². The highest BCUT2D eigenvalue weighted by molar-refractivity contribution is 6.13. The van der Waals surface area contributed by atoms with Crippen molar-refractivity contribution in [1.29, 1.82) is 0 Å². The van der Waals surface area contributed by atoms with Gasteiger partial charge in [0, 0.05) is 17.0 Å². The second-order valence-corrected chi connectivity index (χ2v) is 9.21. The molecule has 0 aromatic heterocycles. The van der Waals surface area contributed by atoms with Crippen LogP contribution in [0.2, 0.25) is 0 Å². The number of hydrogen-bond acceptors (Lipinski definition) is 5. The molecule has 0 radical (unpaired) electrons. The fraction of sp³-hybridized carbons (Fsp3) is 0.300. The minimum absolute atomic E-state index is 0.00881. The summed E-state index contributed by atoms with van der Waals surface area (Å²) in [7, 11) is 0. The van der Waals surface area contributed by atoms with Crippen LogP contribution < -0.4 is 0 Å². The summed E-state index contributed by atoms with van der Waals surface area (Å²) >= 11 is 0. The van der Waals surface area contributed by atoms with Crippen molar-refractivity contribution < 1.29 is 19.1 Å². The van der Waals surface area contributed by atoms with E-state index in [4.69, 9.17) is 14.5 Å². The fourth-order valence-corrected chi connectivity index (χ4v) is 3.86. The quantitative estimate of drug-likeness (QED) is 0.285. The zero-order valence-electron chi connectivity index (χ0n) is 20.8. The fourth-order valence-electron chi connectivity index (χ4n) is 3.86. The average Bonchev–Trinajstić information content (AvgIpc) is 2.84. The van der Waals surface area contributed by atoms with E-state index < -0.39 is 29.5 Å². The summed E-state index contributed by atoms with van der Waals surface area (Å²) in [6, 6.07) is 28.0. The lowest BCUT2D eigenvalue weighted by Gasteiger charge is -2.26. The minimum atomic E-state index is -0.944. The van der Waals surface area contributed by atoms with Gasteiger partial charge in [0.25, 0.3) is 0 Å². The van der Waals surface area contributed by atoms with Crippen molar-refractivity contribution in [3.05, 3.63) is 108 Å². The van der Waals surface area contributed by atoms with Gasteiger partial charge in [-0.1, -0.05) is 91.0 Å². The number of hydrogen-bond donors (Lipinski definition) is 0. The highest BCUT2D eigenvalue weighted by Gasteiger charge is 2.34. The molecule has 3 rings (SSSR count). The summed E-state index contributed by atoms with van der Waals surface area (Å²) in [5, 5.41) is 0. The van der Waals surface area contributed by atoms with Gasteiger partial charge in [-0.2, -0.15) is 0 Å². The van der Waals surface area contributed by atoms with E-state index in [0.717, 1.165) is 16.7 Å². The number of carbonyl (C=O) groups is 2. The normalized spacial score (nSPS) is 12.8. The van der Waals surface area contributed by atoms with Crippen LogP contribution in [0.4, 0.5) is 0 Å². The molecule has 35 heavy (non-hydrogen) atoms. The highest BCUT2D eigenvalue weighted by Crippen LogP contribution is 2.29. The summed E-state index contributed by atoms with van der Waals surface area (Å²) in [6.45, 7) is 7.45. The molecule has 3 aromatic carbocycles. The van der Waals surface area contributed by atoms with Crippen molar-refractivity contribution in [2.45, 2.75) is 51.7 Å². The SMILES string of the molecule is CCOC(=O)C(N=C(c1ccccc1)c1ccccc1)C(CC(=O)OC(C)(C)C)c1ccccc1. The van der Waals surface area contributed by atoms with E-state index in [0.29, 0.717) is 5.71 Å². The van der Waals surface area contributed by atoms with Crippen LogP contribution in [0.25, 0.3) is 0 Å². The van der Waals surface area contributed by atoms with E-state index in [2.05, 4.69) is 0 Å². The number of benzene rings is 3. The van der Waals surface area contributed by atoms with Gasteiger partial charge in [-0.3, -0.25) is 9.79 Å². The Kier molecular flexibility index (Phi) is 8.96. The van der Waals surface area contributed by atoms with E-state index >= 15 is 0 Å². The first kappa shape index (κ1) is 25.9. The first-order valence-electron chi connectivity index (χ1n) is 11.9. The van der Waals surface area contributed by atoms with Gasteiger partial charge in [-0.05, 0) is 33.3 Å². The lowest BCUT2D eigenvalue weighted by atomic mass is 9.88. The standard InChI is InChI=1S/C30H33NO4/c1-5-34-29(33)28(25(22-15-9-6-10-16-22)21-26(32)35-30(2,3)4)31-27(23-17-11-7-12-18-23)24-19-13-8-14-20-24/h6-20,25,28H,5,21H2,1-4H3. The van der Waals surface area contributed by atoms with Crippen molar-refractivity contribution in [2.75, 3.05) is 6.61 Å². The Balaban J connectivity index is 2.15. The average molecular weight is 472 g/mol. The van der Waals surface area contributed by atoms with Gasteiger partial charge in [0.15, 0.2) is 6.04 Å². The summed E-state index contributed by atoms with van der Waals surface area (Å²) in [4.78, 5) is 31.3. The molecule has 0 fully saturated rings. The van der Waals surface area contributed by atoms with Crippen molar-refractivity contribution in [1.82, 2.24) is 0 Å². The van der Waals surface area contributed by atoms with Crippen molar-refractivity contribution in [3.63, 3.8) is 0 Å². The Labute approximate surface area is 207 Å². The molecule has 0 saturated heterocycles. The van der Waals surface area contributed by atoms with Crippen LogP contribution in [-0.2, 0) is 19.1 Å². The lowest BCUT2D eigenvalue weighted by molar-refractivity contribution is -0.155. The van der Waals surface area contributed by atoms with Crippen LogP contribution in [0.3, 0.4) is 0 Å². The zero-order valence-corrected chi connectivity index (χ0v) is 20.8. The van der Waals surface area contributed by atoms with Gasteiger partial charge in [0.05, 0.1) is 18.7 Å². The molecular weight excluding hydrogens is 438 g/mol. The van der Waals surface area contributed by atoms with E-state index in [1.807, 2.05) is 112 Å². The molecular formula is C30H33NO4. The van der Waals surface area contributed by atoms with Gasteiger partial charge in [0.2, 0.25) is 0 Å². The van der Waals surface area contributed by atoms with Crippen molar-refractivity contribution in [2.24, 2.45) is 4.99 Å². The number of nitrogens with zero attached hydrogens (tertiary/aromatic N) is 1. The Bertz CT molecular complexity index is 1080. The molecule has 0 heterocycles. The van der Waals surface area contributed by atoms with Gasteiger partial charge in [-0.25, -0.2) is 4.79 Å². The summed E-state index contributed by atoms with van der Waals surface area (Å²) < 4.78 is 11.1. The monoisotopic (exact) mass is 471 g/mol. The first-order valence-corrected chi connectivity index (χ1v) is 11.9. The largest absolute Gasteiger partial charge is 0.464 e. The van der Waals surface area contributed by atoms with E-state index in [-0.39, 0.29) is 13.0 Å². The predicted molar refractivity (Wildman–Crippen MR) is 139 cm³/mol. The third-order valence-corrected chi connectivity index (χ3v) is 5.31. The minimum Gasteiger partial charge on any atom is -0.464 e. The van der Waals surface area contributed by atoms with Crippen LogP contribution in [0, 0.1) is 0 Å². The molecule has 0 bridgehead atoms. The topological polar surface area (TPSA) is 65.0 Å². The van der Waals surface area contributed by atoms with Crippen LogP contribution >= 0.6 is 0 Å². The molecule has 0 aliphatic carbocycles. The molecule has 3 aromatic rings. The number of carbonyl (C=O) groups excluding carboxylic acids is 2. The van der Waals surface area contributed by atoms with E-state index in [1.165, 1.54) is 0 Å². The molecule has 0 aliphatic heterocycles. The Morgan fingerprint density at radius 3 is 1.74 bits per heavy atom. The maximum Gasteiger partial charge on any atom is 0.331 e. The van der Waals surface area contributed by atoms with Crippen LogP contribution in [0.15, 0.2) is 96.0 Å². The van der Waals surface area contributed by atoms with Gasteiger partial charge in [0.1, 0.15) is 5.60 Å². The summed E-state index contributed by atoms with van der Waals surface area (Å²) in [5.74, 6) is -1.43. The third kappa shape index (κ3) is 7.64. The van der Waals surface area contributed by atoms with Crippen molar-refractivity contribution in [3.8, 4) is 0 Å². The Morgan fingerprint density at radius 2 is 1.29 bits per heavy atom. The van der Waals surface area contributed by atoms with Crippen LogP contribution in [0.1, 0.15) is 56.7 Å². The number of esters is 2. The maximum atomic E-state index is 13.3. The Hall–Kier alpha value is -3.73. The first-order chi connectivity index (χ1) is 16.8. The molecule has 0 spiro atoms. The molecule has 2 atom stereocenters. The van der Waals surface area contributed by atoms with Crippen LogP contribution in [0.5, 0.6) is 0 Å². The zero-order chi connectivity index (χ0) is 25.3. The molecule has 182 valence electrons. The number of ether oxygens (including phenoxy) is 2. The molecule has 0 saturated carbocycles. The molecule has 5 nitrogen and oxygen atoms in total. The molecule has 5 heteroatoms. The van der Waals surface area contributed by atoms with E-state index in [9.17, 15) is 9.59 Å². The third-order valence-electron chi connectivity index (χ3n) is 5.31. The Morgan fingerprint density at radius 1 is 0.800 bits per heavy atom. The van der Waals surface area contributed by atoms with Gasteiger partial charge >= 0.3 is 11.9 Å². The number of aliphatic imine (C=N–C) groups is 1. The molecule has 0 N–H and O–H groups in total. The lowest BCUT2D eigenvalue weighted by Crippen LogP contribution is -2.33. The number of rotatable bonds is 9. The highest BCUT2D eigenvalue weighted by atomic mass is 16.6. The van der Waals surface area contributed by atoms with Crippen LogP contribution in [-0.4, -0.2) is 35.9 Å².